The van der Waals surface area contributed by atoms with Crippen LogP contribution >= 0.6 is 0 Å². The van der Waals surface area contributed by atoms with E-state index in [1.54, 1.807) is 23.0 Å². The lowest BCUT2D eigenvalue weighted by Crippen LogP contribution is -2.40. The molecular formula is C22H23N5O4. The Morgan fingerprint density at radius 3 is 2.35 bits per heavy atom. The molecule has 0 saturated heterocycles. The van der Waals surface area contributed by atoms with Crippen LogP contribution in [-0.4, -0.2) is 39.1 Å². The number of carbonyl (C=O) groups excluding carboxylic acids is 2. The fraction of sp³-hybridized carbons (Fsp3) is 0.227. The molecule has 2 N–H and O–H groups in total. The summed E-state index contributed by atoms with van der Waals surface area (Å²) in [4.78, 5) is 34.7. The third kappa shape index (κ3) is 5.75. The quantitative estimate of drug-likeness (QED) is 0.428. The molecular weight excluding hydrogens is 398 g/mol. The van der Waals surface area contributed by atoms with Gasteiger partial charge in [0.05, 0.1) is 29.3 Å². The molecule has 1 aromatic heterocycles. The van der Waals surface area contributed by atoms with E-state index >= 15 is 0 Å². The standard InChI is InChI=1S/C22H23N5O4/c1-15(2)24-21(29)13-23-20(28)12-17-14-26(18-6-4-3-5-7-18)25-22(17)16-8-10-19(11-9-16)27(30)31/h3-11,14-15H,12-13H2,1-2H3,(H,23,28)(H,24,29). The summed E-state index contributed by atoms with van der Waals surface area (Å²) in [6.07, 6.45) is 1.76. The van der Waals surface area contributed by atoms with Crippen molar-refractivity contribution < 1.29 is 14.5 Å². The van der Waals surface area contributed by atoms with E-state index < -0.39 is 4.92 Å². The Hall–Kier alpha value is -4.01. The maximum atomic E-state index is 12.5. The Kier molecular flexibility index (Phi) is 6.76. The molecule has 0 fully saturated rings. The second-order valence-corrected chi connectivity index (χ2v) is 7.26. The minimum atomic E-state index is -0.469. The first-order chi connectivity index (χ1) is 14.8. The normalized spacial score (nSPS) is 10.7. The summed E-state index contributed by atoms with van der Waals surface area (Å²) >= 11 is 0. The average Bonchev–Trinajstić information content (AvgIpc) is 3.16. The van der Waals surface area contributed by atoms with Gasteiger partial charge < -0.3 is 10.6 Å². The number of rotatable bonds is 8. The van der Waals surface area contributed by atoms with Crippen molar-refractivity contribution in [2.24, 2.45) is 0 Å². The van der Waals surface area contributed by atoms with E-state index in [1.165, 1.54) is 12.1 Å². The minimum absolute atomic E-state index is 0.00805. The van der Waals surface area contributed by atoms with Crippen LogP contribution in [0.2, 0.25) is 0 Å². The molecule has 0 aliphatic carbocycles. The number of nitro benzene ring substituents is 1. The van der Waals surface area contributed by atoms with Crippen LogP contribution in [0.15, 0.2) is 60.8 Å². The summed E-state index contributed by atoms with van der Waals surface area (Å²) in [5, 5.41) is 20.9. The highest BCUT2D eigenvalue weighted by Crippen LogP contribution is 2.26. The van der Waals surface area contributed by atoms with Crippen LogP contribution in [0.25, 0.3) is 16.9 Å². The van der Waals surface area contributed by atoms with Crippen LogP contribution in [0.3, 0.4) is 0 Å². The van der Waals surface area contributed by atoms with E-state index in [2.05, 4.69) is 15.7 Å². The summed E-state index contributed by atoms with van der Waals surface area (Å²) in [5.74, 6) is -0.589. The van der Waals surface area contributed by atoms with Crippen molar-refractivity contribution in [2.45, 2.75) is 26.3 Å². The topological polar surface area (TPSA) is 119 Å². The Balaban J connectivity index is 1.85. The molecule has 9 nitrogen and oxygen atoms in total. The van der Waals surface area contributed by atoms with Crippen LogP contribution in [0.4, 0.5) is 5.69 Å². The molecule has 2 aromatic carbocycles. The van der Waals surface area contributed by atoms with Crippen molar-refractivity contribution in [1.29, 1.82) is 0 Å². The van der Waals surface area contributed by atoms with Crippen molar-refractivity contribution in [3.05, 3.63) is 76.5 Å². The average molecular weight is 421 g/mol. The van der Waals surface area contributed by atoms with Crippen LogP contribution in [0.5, 0.6) is 0 Å². The number of para-hydroxylation sites is 1. The van der Waals surface area contributed by atoms with Gasteiger partial charge >= 0.3 is 0 Å². The number of non-ortho nitro benzene ring substituents is 1. The van der Waals surface area contributed by atoms with E-state index in [-0.39, 0.29) is 36.5 Å². The number of hydrogen-bond donors (Lipinski definition) is 2. The first-order valence-electron chi connectivity index (χ1n) is 9.78. The maximum Gasteiger partial charge on any atom is 0.269 e. The molecule has 31 heavy (non-hydrogen) atoms. The molecule has 0 aliphatic heterocycles. The molecule has 2 amide bonds. The van der Waals surface area contributed by atoms with E-state index in [1.807, 2.05) is 44.2 Å². The van der Waals surface area contributed by atoms with E-state index in [4.69, 9.17) is 0 Å². The zero-order valence-electron chi connectivity index (χ0n) is 17.2. The number of hydrogen-bond acceptors (Lipinski definition) is 5. The highest BCUT2D eigenvalue weighted by Gasteiger charge is 2.17. The van der Waals surface area contributed by atoms with Crippen molar-refractivity contribution in [3.8, 4) is 16.9 Å². The number of carbonyl (C=O) groups is 2. The lowest BCUT2D eigenvalue weighted by atomic mass is 10.1. The van der Waals surface area contributed by atoms with Crippen molar-refractivity contribution in [1.82, 2.24) is 20.4 Å². The van der Waals surface area contributed by atoms with Gasteiger partial charge in [-0.05, 0) is 38.1 Å². The van der Waals surface area contributed by atoms with E-state index in [9.17, 15) is 19.7 Å². The van der Waals surface area contributed by atoms with Crippen LogP contribution < -0.4 is 10.6 Å². The molecule has 3 aromatic rings. The number of amides is 2. The first-order valence-corrected chi connectivity index (χ1v) is 9.78. The second kappa shape index (κ2) is 9.66. The number of benzene rings is 2. The number of nitrogens with one attached hydrogen (secondary N) is 2. The van der Waals surface area contributed by atoms with E-state index in [0.717, 1.165) is 5.69 Å². The number of aromatic nitrogens is 2. The van der Waals surface area contributed by atoms with Gasteiger partial charge in [0.25, 0.3) is 5.69 Å². The molecule has 9 heteroatoms. The van der Waals surface area contributed by atoms with Crippen molar-refractivity contribution in [3.63, 3.8) is 0 Å². The van der Waals surface area contributed by atoms with Gasteiger partial charge in [0.2, 0.25) is 11.8 Å². The molecule has 0 atom stereocenters. The molecule has 3 rings (SSSR count). The molecule has 160 valence electrons. The Morgan fingerprint density at radius 2 is 1.74 bits per heavy atom. The fourth-order valence-corrected chi connectivity index (χ4v) is 3.02. The zero-order chi connectivity index (χ0) is 22.4. The van der Waals surface area contributed by atoms with Gasteiger partial charge in [-0.2, -0.15) is 5.10 Å². The summed E-state index contributed by atoms with van der Waals surface area (Å²) in [5.41, 5.74) is 2.62. The molecule has 0 saturated carbocycles. The molecule has 0 aliphatic rings. The highest BCUT2D eigenvalue weighted by atomic mass is 16.6. The Morgan fingerprint density at radius 1 is 1.06 bits per heavy atom. The van der Waals surface area contributed by atoms with Gasteiger partial charge in [-0.15, -0.1) is 0 Å². The van der Waals surface area contributed by atoms with Crippen LogP contribution in [0, 0.1) is 10.1 Å². The maximum absolute atomic E-state index is 12.5. The monoisotopic (exact) mass is 421 g/mol. The molecule has 1 heterocycles. The predicted octanol–water partition coefficient (Wildman–Crippen LogP) is 2.63. The fourth-order valence-electron chi connectivity index (χ4n) is 3.02. The van der Waals surface area contributed by atoms with E-state index in [0.29, 0.717) is 16.8 Å². The predicted molar refractivity (Wildman–Crippen MR) is 116 cm³/mol. The van der Waals surface area contributed by atoms with Gasteiger partial charge in [-0.3, -0.25) is 19.7 Å². The SMILES string of the molecule is CC(C)NC(=O)CNC(=O)Cc1cn(-c2ccccc2)nc1-c1ccc([N+](=O)[O-])cc1. The van der Waals surface area contributed by atoms with Gasteiger partial charge in [0, 0.05) is 35.5 Å². The van der Waals surface area contributed by atoms with Crippen molar-refractivity contribution >= 4 is 17.5 Å². The lowest BCUT2D eigenvalue weighted by molar-refractivity contribution is -0.384. The largest absolute Gasteiger partial charge is 0.352 e. The highest BCUT2D eigenvalue weighted by molar-refractivity contribution is 5.86. The summed E-state index contributed by atoms with van der Waals surface area (Å²) in [6, 6.07) is 15.4. The summed E-state index contributed by atoms with van der Waals surface area (Å²) < 4.78 is 1.66. The number of nitrogens with zero attached hydrogens (tertiary/aromatic N) is 3. The Bertz CT molecular complexity index is 1080. The summed E-state index contributed by atoms with van der Waals surface area (Å²) in [6.45, 7) is 3.57. The Labute approximate surface area is 179 Å². The van der Waals surface area contributed by atoms with Crippen LogP contribution in [-0.2, 0) is 16.0 Å². The first kappa shape index (κ1) is 21.7. The van der Waals surface area contributed by atoms with Gasteiger partial charge in [-0.25, -0.2) is 4.68 Å². The van der Waals surface area contributed by atoms with Crippen LogP contribution in [0.1, 0.15) is 19.4 Å². The molecule has 0 unspecified atom stereocenters. The smallest absolute Gasteiger partial charge is 0.269 e. The van der Waals surface area contributed by atoms with Crippen molar-refractivity contribution in [2.75, 3.05) is 6.54 Å². The number of nitro groups is 1. The minimum Gasteiger partial charge on any atom is -0.352 e. The third-order valence-corrected chi connectivity index (χ3v) is 4.41. The third-order valence-electron chi connectivity index (χ3n) is 4.41. The second-order valence-electron chi connectivity index (χ2n) is 7.26. The van der Waals surface area contributed by atoms with Gasteiger partial charge in [-0.1, -0.05) is 18.2 Å². The van der Waals surface area contributed by atoms with Gasteiger partial charge in [0.15, 0.2) is 0 Å². The molecule has 0 spiro atoms. The molecule has 0 bridgehead atoms. The summed E-state index contributed by atoms with van der Waals surface area (Å²) in [7, 11) is 0. The van der Waals surface area contributed by atoms with Gasteiger partial charge in [0.1, 0.15) is 0 Å². The lowest BCUT2D eigenvalue weighted by Gasteiger charge is -2.09. The molecule has 0 radical (unpaired) electrons. The zero-order valence-corrected chi connectivity index (χ0v) is 17.2.